The van der Waals surface area contributed by atoms with Crippen LogP contribution in [0.15, 0.2) is 48.5 Å². The van der Waals surface area contributed by atoms with Gasteiger partial charge in [-0.15, -0.1) is 0 Å². The molecule has 2 aromatic rings. The summed E-state index contributed by atoms with van der Waals surface area (Å²) in [5.41, 5.74) is 2.80. The van der Waals surface area contributed by atoms with E-state index in [4.69, 9.17) is 9.84 Å². The highest BCUT2D eigenvalue weighted by atomic mass is 16.5. The van der Waals surface area contributed by atoms with Gasteiger partial charge in [0.05, 0.1) is 5.92 Å². The van der Waals surface area contributed by atoms with E-state index in [1.165, 1.54) is 5.56 Å². The van der Waals surface area contributed by atoms with E-state index < -0.39 is 11.9 Å². The van der Waals surface area contributed by atoms with Crippen molar-refractivity contribution >= 4 is 11.8 Å². The van der Waals surface area contributed by atoms with Gasteiger partial charge in [0.2, 0.25) is 0 Å². The van der Waals surface area contributed by atoms with Crippen molar-refractivity contribution < 1.29 is 19.4 Å². The molecule has 4 nitrogen and oxygen atoms in total. The number of hydrogen-bond donors (Lipinski definition) is 1. The molecule has 1 N–H and O–H groups in total. The van der Waals surface area contributed by atoms with Gasteiger partial charge in [0.1, 0.15) is 12.4 Å². The standard InChI is InChI=1S/C20H22O4/c1-3-15(20(22)23)12-19(21)16-8-10-18(11-9-16)24-13-17-7-5-4-6-14(17)2/h4-11,15H,3,12-13H2,1-2H3,(H,22,23). The third-order valence-electron chi connectivity index (χ3n) is 4.11. The highest BCUT2D eigenvalue weighted by Crippen LogP contribution is 2.18. The Kier molecular flexibility index (Phi) is 6.13. The maximum Gasteiger partial charge on any atom is 0.306 e. The van der Waals surface area contributed by atoms with Crippen LogP contribution in [-0.2, 0) is 11.4 Å². The van der Waals surface area contributed by atoms with Gasteiger partial charge in [-0.05, 0) is 48.7 Å². The largest absolute Gasteiger partial charge is 0.489 e. The van der Waals surface area contributed by atoms with Gasteiger partial charge in [0.15, 0.2) is 5.78 Å². The van der Waals surface area contributed by atoms with Crippen LogP contribution < -0.4 is 4.74 Å². The lowest BCUT2D eigenvalue weighted by Crippen LogP contribution is -2.17. The summed E-state index contributed by atoms with van der Waals surface area (Å²) in [6.07, 6.45) is 0.466. The molecular formula is C20H22O4. The molecule has 0 aliphatic carbocycles. The summed E-state index contributed by atoms with van der Waals surface area (Å²) in [5, 5.41) is 9.04. The first-order valence-electron chi connectivity index (χ1n) is 8.04. The molecule has 0 radical (unpaired) electrons. The lowest BCUT2D eigenvalue weighted by Gasteiger charge is -2.10. The van der Waals surface area contributed by atoms with E-state index >= 15 is 0 Å². The SMILES string of the molecule is CCC(CC(=O)c1ccc(OCc2ccccc2C)cc1)C(=O)O. The Bertz CT molecular complexity index is 704. The minimum Gasteiger partial charge on any atom is -0.489 e. The van der Waals surface area contributed by atoms with Crippen molar-refractivity contribution in [3.63, 3.8) is 0 Å². The predicted octanol–water partition coefficient (Wildman–Crippen LogP) is 4.26. The van der Waals surface area contributed by atoms with E-state index in [-0.39, 0.29) is 12.2 Å². The highest BCUT2D eigenvalue weighted by molar-refractivity contribution is 5.98. The smallest absolute Gasteiger partial charge is 0.306 e. The Morgan fingerprint density at radius 2 is 1.75 bits per heavy atom. The van der Waals surface area contributed by atoms with Gasteiger partial charge in [-0.1, -0.05) is 31.2 Å². The van der Waals surface area contributed by atoms with Crippen LogP contribution in [0.3, 0.4) is 0 Å². The number of Topliss-reactive ketones (excluding diaryl/α,β-unsaturated/α-hetero) is 1. The van der Waals surface area contributed by atoms with Crippen LogP contribution in [0.4, 0.5) is 0 Å². The van der Waals surface area contributed by atoms with Gasteiger partial charge < -0.3 is 9.84 Å². The number of aliphatic carboxylic acids is 1. The fourth-order valence-corrected chi connectivity index (χ4v) is 2.42. The first kappa shape index (κ1) is 17.7. The fraction of sp³-hybridized carbons (Fsp3) is 0.300. The molecule has 0 aromatic heterocycles. The Balaban J connectivity index is 1.96. The summed E-state index contributed by atoms with van der Waals surface area (Å²) in [6.45, 7) is 4.28. The van der Waals surface area contributed by atoms with Gasteiger partial charge in [-0.3, -0.25) is 9.59 Å². The number of hydrogen-bond acceptors (Lipinski definition) is 3. The van der Waals surface area contributed by atoms with Crippen LogP contribution in [0.5, 0.6) is 5.75 Å². The third-order valence-corrected chi connectivity index (χ3v) is 4.11. The number of rotatable bonds is 8. The molecule has 0 fully saturated rings. The quantitative estimate of drug-likeness (QED) is 0.736. The molecule has 1 atom stereocenters. The van der Waals surface area contributed by atoms with E-state index in [1.54, 1.807) is 31.2 Å². The first-order chi connectivity index (χ1) is 11.5. The number of carbonyl (C=O) groups is 2. The number of benzene rings is 2. The van der Waals surface area contributed by atoms with E-state index in [0.29, 0.717) is 24.3 Å². The molecule has 0 saturated heterocycles. The monoisotopic (exact) mass is 326 g/mol. The zero-order valence-electron chi connectivity index (χ0n) is 14.0. The van der Waals surface area contributed by atoms with Crippen molar-refractivity contribution in [1.82, 2.24) is 0 Å². The highest BCUT2D eigenvalue weighted by Gasteiger charge is 2.20. The number of ketones is 1. The van der Waals surface area contributed by atoms with Crippen LogP contribution in [0, 0.1) is 12.8 Å². The lowest BCUT2D eigenvalue weighted by atomic mass is 9.96. The van der Waals surface area contributed by atoms with Gasteiger partial charge in [-0.2, -0.15) is 0 Å². The molecule has 1 unspecified atom stereocenters. The minimum absolute atomic E-state index is 0.0231. The lowest BCUT2D eigenvalue weighted by molar-refractivity contribution is -0.141. The maximum absolute atomic E-state index is 12.1. The predicted molar refractivity (Wildman–Crippen MR) is 92.3 cm³/mol. The Labute approximate surface area is 142 Å². The number of ether oxygens (including phenoxy) is 1. The van der Waals surface area contributed by atoms with E-state index in [9.17, 15) is 9.59 Å². The molecule has 0 spiro atoms. The fourth-order valence-electron chi connectivity index (χ4n) is 2.42. The van der Waals surface area contributed by atoms with Crippen LogP contribution >= 0.6 is 0 Å². The molecule has 24 heavy (non-hydrogen) atoms. The molecule has 0 saturated carbocycles. The molecule has 2 rings (SSSR count). The van der Waals surface area contributed by atoms with Gasteiger partial charge in [-0.25, -0.2) is 0 Å². The van der Waals surface area contributed by atoms with Crippen molar-refractivity contribution in [1.29, 1.82) is 0 Å². The zero-order valence-corrected chi connectivity index (χ0v) is 14.0. The molecule has 0 aliphatic heterocycles. The summed E-state index contributed by atoms with van der Waals surface area (Å²) in [4.78, 5) is 23.2. The van der Waals surface area contributed by atoms with E-state index in [2.05, 4.69) is 0 Å². The average molecular weight is 326 g/mol. The number of carboxylic acid groups (broad SMARTS) is 1. The number of aryl methyl sites for hydroxylation is 1. The molecule has 0 heterocycles. The number of carbonyl (C=O) groups excluding carboxylic acids is 1. The van der Waals surface area contributed by atoms with Gasteiger partial charge >= 0.3 is 5.97 Å². The van der Waals surface area contributed by atoms with Crippen molar-refractivity contribution in [2.45, 2.75) is 33.3 Å². The average Bonchev–Trinajstić information content (AvgIpc) is 2.59. The summed E-state index contributed by atoms with van der Waals surface area (Å²) in [5.74, 6) is -1.03. The first-order valence-corrected chi connectivity index (χ1v) is 8.04. The molecule has 0 bridgehead atoms. The molecule has 4 heteroatoms. The number of carboxylic acids is 1. The second kappa shape index (κ2) is 8.29. The Hall–Kier alpha value is -2.62. The Morgan fingerprint density at radius 3 is 2.33 bits per heavy atom. The van der Waals surface area contributed by atoms with Crippen LogP contribution in [0.25, 0.3) is 0 Å². The molecule has 2 aromatic carbocycles. The molecule has 0 amide bonds. The molecule has 126 valence electrons. The Morgan fingerprint density at radius 1 is 1.08 bits per heavy atom. The van der Waals surface area contributed by atoms with Crippen LogP contribution in [0.1, 0.15) is 41.3 Å². The van der Waals surface area contributed by atoms with E-state index in [0.717, 1.165) is 5.56 Å². The van der Waals surface area contributed by atoms with Gasteiger partial charge in [0.25, 0.3) is 0 Å². The van der Waals surface area contributed by atoms with Crippen molar-refractivity contribution in [2.75, 3.05) is 0 Å². The molecule has 0 aliphatic rings. The topological polar surface area (TPSA) is 63.6 Å². The normalized spacial score (nSPS) is 11.8. The van der Waals surface area contributed by atoms with Crippen LogP contribution in [-0.4, -0.2) is 16.9 Å². The second-order valence-electron chi connectivity index (χ2n) is 5.81. The third kappa shape index (κ3) is 4.69. The summed E-state index contributed by atoms with van der Waals surface area (Å²) >= 11 is 0. The summed E-state index contributed by atoms with van der Waals surface area (Å²) < 4.78 is 5.74. The van der Waals surface area contributed by atoms with Crippen LogP contribution in [0.2, 0.25) is 0 Å². The van der Waals surface area contributed by atoms with E-state index in [1.807, 2.05) is 31.2 Å². The van der Waals surface area contributed by atoms with Crippen molar-refractivity contribution in [3.05, 3.63) is 65.2 Å². The van der Waals surface area contributed by atoms with Crippen molar-refractivity contribution in [2.24, 2.45) is 5.92 Å². The maximum atomic E-state index is 12.1. The molecular weight excluding hydrogens is 304 g/mol. The second-order valence-corrected chi connectivity index (χ2v) is 5.81. The van der Waals surface area contributed by atoms with Gasteiger partial charge in [0, 0.05) is 12.0 Å². The minimum atomic E-state index is -0.927. The zero-order chi connectivity index (χ0) is 17.5. The van der Waals surface area contributed by atoms with Crippen molar-refractivity contribution in [3.8, 4) is 5.75 Å². The summed E-state index contributed by atoms with van der Waals surface area (Å²) in [6, 6.07) is 14.9. The summed E-state index contributed by atoms with van der Waals surface area (Å²) in [7, 11) is 0.